The topological polar surface area (TPSA) is 40.9 Å². The van der Waals surface area contributed by atoms with Crippen LogP contribution in [0.4, 0.5) is 13.2 Å². The van der Waals surface area contributed by atoms with E-state index in [4.69, 9.17) is 16.9 Å². The van der Waals surface area contributed by atoms with Crippen molar-refractivity contribution in [2.24, 2.45) is 0 Å². The zero-order chi connectivity index (χ0) is 15.6. The number of nitriles is 1. The molecule has 0 aromatic heterocycles. The van der Waals surface area contributed by atoms with Gasteiger partial charge < -0.3 is 0 Å². The molecule has 6 heteroatoms. The predicted molar refractivity (Wildman–Crippen MR) is 70.5 cm³/mol. The lowest BCUT2D eigenvalue weighted by atomic mass is 9.92. The average Bonchev–Trinajstić information content (AvgIpc) is 2.45. The molecule has 21 heavy (non-hydrogen) atoms. The van der Waals surface area contributed by atoms with Gasteiger partial charge in [-0.05, 0) is 29.8 Å². The number of Topliss-reactive ketones (excluding diaryl/α,β-unsaturated/α-hetero) is 1. The minimum atomic E-state index is -1.66. The van der Waals surface area contributed by atoms with Gasteiger partial charge in [-0.15, -0.1) is 0 Å². The summed E-state index contributed by atoms with van der Waals surface area (Å²) in [4.78, 5) is 12.2. The molecular weight excluding hydrogens is 303 g/mol. The Kier molecular flexibility index (Phi) is 4.29. The Balaban J connectivity index is 2.45. The van der Waals surface area contributed by atoms with Gasteiger partial charge in [0, 0.05) is 10.6 Å². The van der Waals surface area contributed by atoms with Gasteiger partial charge in [0.2, 0.25) is 0 Å². The van der Waals surface area contributed by atoms with E-state index in [2.05, 4.69) is 0 Å². The fraction of sp³-hybridized carbons (Fsp3) is 0.0667. The van der Waals surface area contributed by atoms with Gasteiger partial charge in [-0.2, -0.15) is 5.26 Å². The lowest BCUT2D eigenvalue weighted by molar-refractivity contribution is 0.0977. The normalized spacial score (nSPS) is 11.8. The number of rotatable bonds is 3. The van der Waals surface area contributed by atoms with Crippen LogP contribution in [0.2, 0.25) is 5.02 Å². The fourth-order valence-electron chi connectivity index (χ4n) is 1.84. The molecule has 0 aliphatic heterocycles. The minimum Gasteiger partial charge on any atom is -0.292 e. The third kappa shape index (κ3) is 3.06. The van der Waals surface area contributed by atoms with E-state index in [9.17, 15) is 18.0 Å². The summed E-state index contributed by atoms with van der Waals surface area (Å²) < 4.78 is 39.2. The van der Waals surface area contributed by atoms with Crippen molar-refractivity contribution < 1.29 is 18.0 Å². The molecule has 2 aromatic carbocycles. The lowest BCUT2D eigenvalue weighted by Gasteiger charge is -2.09. The van der Waals surface area contributed by atoms with Gasteiger partial charge in [-0.1, -0.05) is 23.7 Å². The van der Waals surface area contributed by atoms with Crippen molar-refractivity contribution in [1.29, 1.82) is 5.26 Å². The third-order valence-corrected chi connectivity index (χ3v) is 3.08. The van der Waals surface area contributed by atoms with Gasteiger partial charge in [-0.25, -0.2) is 13.2 Å². The van der Waals surface area contributed by atoms with Crippen molar-refractivity contribution in [3.8, 4) is 6.07 Å². The average molecular weight is 310 g/mol. The number of nitrogens with zero attached hydrogens (tertiary/aromatic N) is 1. The Labute approximate surface area is 123 Å². The molecule has 2 nitrogen and oxygen atoms in total. The van der Waals surface area contributed by atoms with Crippen LogP contribution in [0.1, 0.15) is 21.8 Å². The van der Waals surface area contributed by atoms with Gasteiger partial charge in [0.1, 0.15) is 5.92 Å². The number of halogens is 4. The Hall–Kier alpha value is -2.32. The van der Waals surface area contributed by atoms with Gasteiger partial charge in [0.25, 0.3) is 0 Å². The number of carbonyl (C=O) groups is 1. The van der Waals surface area contributed by atoms with E-state index in [0.717, 1.165) is 0 Å². The van der Waals surface area contributed by atoms with Crippen molar-refractivity contribution >= 4 is 17.4 Å². The molecule has 0 heterocycles. The summed E-state index contributed by atoms with van der Waals surface area (Å²) in [5, 5.41) is 9.44. The molecule has 1 unspecified atom stereocenters. The molecule has 1 atom stereocenters. The van der Waals surface area contributed by atoms with Crippen molar-refractivity contribution in [3.63, 3.8) is 0 Å². The molecule has 106 valence electrons. The molecule has 0 amide bonds. The highest BCUT2D eigenvalue weighted by Gasteiger charge is 2.24. The van der Waals surface area contributed by atoms with Crippen LogP contribution < -0.4 is 0 Å². The van der Waals surface area contributed by atoms with Crippen LogP contribution in [-0.2, 0) is 0 Å². The first-order valence-corrected chi connectivity index (χ1v) is 6.15. The zero-order valence-electron chi connectivity index (χ0n) is 10.4. The predicted octanol–water partition coefficient (Wildman–Crippen LogP) is 4.25. The molecule has 0 bridgehead atoms. The van der Waals surface area contributed by atoms with E-state index in [1.54, 1.807) is 18.2 Å². The second-order valence-electron chi connectivity index (χ2n) is 4.24. The van der Waals surface area contributed by atoms with Crippen LogP contribution in [0.5, 0.6) is 0 Å². The Morgan fingerprint density at radius 2 is 1.76 bits per heavy atom. The zero-order valence-corrected chi connectivity index (χ0v) is 11.2. The van der Waals surface area contributed by atoms with E-state index < -0.39 is 34.7 Å². The monoisotopic (exact) mass is 309 g/mol. The third-order valence-electron chi connectivity index (χ3n) is 2.84. The molecule has 0 N–H and O–H groups in total. The first-order chi connectivity index (χ1) is 9.93. The van der Waals surface area contributed by atoms with Crippen LogP contribution in [0, 0.1) is 28.8 Å². The van der Waals surface area contributed by atoms with E-state index >= 15 is 0 Å². The molecule has 0 fully saturated rings. The first kappa shape index (κ1) is 15.1. The van der Waals surface area contributed by atoms with Crippen molar-refractivity contribution in [1.82, 2.24) is 0 Å². The van der Waals surface area contributed by atoms with Crippen molar-refractivity contribution in [3.05, 3.63) is 70.0 Å². The minimum absolute atomic E-state index is 0.292. The van der Waals surface area contributed by atoms with Crippen LogP contribution >= 0.6 is 11.6 Å². The van der Waals surface area contributed by atoms with Crippen LogP contribution in [-0.4, -0.2) is 5.78 Å². The summed E-state index contributed by atoms with van der Waals surface area (Å²) in [6, 6.07) is 8.88. The number of carbonyl (C=O) groups excluding carboxylic acids is 1. The maximum absolute atomic E-state index is 13.2. The summed E-state index contributed by atoms with van der Waals surface area (Å²) >= 11 is 5.78. The molecule has 0 saturated heterocycles. The highest BCUT2D eigenvalue weighted by molar-refractivity contribution is 6.30. The Morgan fingerprint density at radius 1 is 1.14 bits per heavy atom. The van der Waals surface area contributed by atoms with Crippen LogP contribution in [0.15, 0.2) is 36.4 Å². The van der Waals surface area contributed by atoms with Gasteiger partial charge in [0.15, 0.2) is 23.2 Å². The second kappa shape index (κ2) is 5.98. The SMILES string of the molecule is N#CC(C(=O)c1cc(F)c(F)c(F)c1)c1cccc(Cl)c1. The molecule has 0 radical (unpaired) electrons. The van der Waals surface area contributed by atoms with E-state index in [0.29, 0.717) is 22.7 Å². The number of hydrogen-bond donors (Lipinski definition) is 0. The summed E-state index contributed by atoms with van der Waals surface area (Å²) in [5.74, 6) is -6.75. The summed E-state index contributed by atoms with van der Waals surface area (Å²) in [6.45, 7) is 0. The van der Waals surface area contributed by atoms with Gasteiger partial charge in [0.05, 0.1) is 6.07 Å². The largest absolute Gasteiger partial charge is 0.292 e. The van der Waals surface area contributed by atoms with E-state index in [-0.39, 0.29) is 0 Å². The second-order valence-corrected chi connectivity index (χ2v) is 4.67. The number of ketones is 1. The summed E-state index contributed by atoms with van der Waals surface area (Å²) in [5.41, 5.74) is -0.127. The van der Waals surface area contributed by atoms with Crippen LogP contribution in [0.25, 0.3) is 0 Å². The molecule has 0 aliphatic rings. The smallest absolute Gasteiger partial charge is 0.194 e. The maximum Gasteiger partial charge on any atom is 0.194 e. The molecule has 0 aliphatic carbocycles. The highest BCUT2D eigenvalue weighted by atomic mass is 35.5. The number of hydrogen-bond acceptors (Lipinski definition) is 2. The maximum atomic E-state index is 13.2. The van der Waals surface area contributed by atoms with E-state index in [1.807, 2.05) is 0 Å². The first-order valence-electron chi connectivity index (χ1n) is 5.78. The van der Waals surface area contributed by atoms with Crippen molar-refractivity contribution in [2.45, 2.75) is 5.92 Å². The standard InChI is InChI=1S/C15H7ClF3NO/c16-10-3-1-2-8(4-10)11(7-20)15(21)9-5-12(17)14(19)13(18)6-9/h1-6,11H. The summed E-state index contributed by atoms with van der Waals surface area (Å²) in [7, 11) is 0. The molecule has 2 rings (SSSR count). The Bertz CT molecular complexity index is 732. The molecule has 0 spiro atoms. The molecular formula is C15H7ClF3NO. The quantitative estimate of drug-likeness (QED) is 0.628. The van der Waals surface area contributed by atoms with E-state index in [1.165, 1.54) is 12.1 Å². The highest BCUT2D eigenvalue weighted by Crippen LogP contribution is 2.24. The van der Waals surface area contributed by atoms with Crippen molar-refractivity contribution in [2.75, 3.05) is 0 Å². The fourth-order valence-corrected chi connectivity index (χ4v) is 2.03. The number of benzene rings is 2. The molecule has 0 saturated carbocycles. The Morgan fingerprint density at radius 3 is 2.29 bits per heavy atom. The molecule has 2 aromatic rings. The summed E-state index contributed by atoms with van der Waals surface area (Å²) in [6.07, 6.45) is 0. The van der Waals surface area contributed by atoms with Gasteiger partial charge in [-0.3, -0.25) is 4.79 Å². The van der Waals surface area contributed by atoms with Gasteiger partial charge >= 0.3 is 0 Å². The lowest BCUT2D eigenvalue weighted by Crippen LogP contribution is -2.12. The van der Waals surface area contributed by atoms with Crippen LogP contribution in [0.3, 0.4) is 0 Å².